The molecule has 0 saturated heterocycles. The van der Waals surface area contributed by atoms with Crippen molar-refractivity contribution in [2.45, 2.75) is 20.8 Å². The molecule has 0 aromatic carbocycles. The summed E-state index contributed by atoms with van der Waals surface area (Å²) in [5.41, 5.74) is 1.63. The second-order valence-electron chi connectivity index (χ2n) is 2.77. The highest BCUT2D eigenvalue weighted by Gasteiger charge is 2.15. The maximum absolute atomic E-state index is 11.4. The Bertz CT molecular complexity index is 366. The minimum Gasteiger partial charge on any atom is -0.461 e. The lowest BCUT2D eigenvalue weighted by Crippen LogP contribution is -2.11. The second-order valence-corrected chi connectivity index (χ2v) is 3.11. The highest BCUT2D eigenvalue weighted by atomic mass is 35.5. The molecule has 5 heteroatoms. The number of ether oxygens (including phenoxy) is 1. The molecule has 1 aromatic heterocycles. The molecule has 0 bridgehead atoms. The first-order valence-electron chi connectivity index (χ1n) is 4.24. The van der Waals surface area contributed by atoms with Crippen LogP contribution in [-0.4, -0.2) is 22.5 Å². The Morgan fingerprint density at radius 3 is 2.64 bits per heavy atom. The molecule has 76 valence electrons. The van der Waals surface area contributed by atoms with Gasteiger partial charge in [-0.3, -0.25) is 0 Å². The average molecular weight is 215 g/mol. The lowest BCUT2D eigenvalue weighted by molar-refractivity contribution is 0.0518. The van der Waals surface area contributed by atoms with E-state index in [1.54, 1.807) is 20.8 Å². The smallest absolute Gasteiger partial charge is 0.357 e. The quantitative estimate of drug-likeness (QED) is 0.558. The number of esters is 1. The van der Waals surface area contributed by atoms with E-state index in [-0.39, 0.29) is 11.0 Å². The Kier molecular flexibility index (Phi) is 3.41. The molecule has 4 nitrogen and oxygen atoms in total. The van der Waals surface area contributed by atoms with E-state index in [2.05, 4.69) is 9.97 Å². The van der Waals surface area contributed by atoms with Crippen LogP contribution in [-0.2, 0) is 4.74 Å². The van der Waals surface area contributed by atoms with E-state index in [1.807, 2.05) is 0 Å². The molecule has 0 unspecified atom stereocenters. The monoisotopic (exact) mass is 214 g/mol. The number of halogens is 1. The molecule has 0 atom stereocenters. The maximum atomic E-state index is 11.4. The van der Waals surface area contributed by atoms with E-state index in [0.717, 1.165) is 0 Å². The molecular weight excluding hydrogens is 204 g/mol. The van der Waals surface area contributed by atoms with Gasteiger partial charge >= 0.3 is 5.97 Å². The molecule has 0 N–H and O–H groups in total. The van der Waals surface area contributed by atoms with Crippen molar-refractivity contribution in [3.8, 4) is 0 Å². The van der Waals surface area contributed by atoms with Crippen molar-refractivity contribution >= 4 is 17.6 Å². The molecule has 14 heavy (non-hydrogen) atoms. The van der Waals surface area contributed by atoms with Crippen LogP contribution in [0, 0.1) is 13.8 Å². The van der Waals surface area contributed by atoms with E-state index >= 15 is 0 Å². The summed E-state index contributed by atoms with van der Waals surface area (Å²) < 4.78 is 4.83. The van der Waals surface area contributed by atoms with Crippen molar-refractivity contribution in [3.63, 3.8) is 0 Å². The van der Waals surface area contributed by atoms with Crippen molar-refractivity contribution in [2.24, 2.45) is 0 Å². The highest BCUT2D eigenvalue weighted by molar-refractivity contribution is 6.28. The number of hydrogen-bond donors (Lipinski definition) is 0. The normalized spacial score (nSPS) is 10.0. The van der Waals surface area contributed by atoms with Gasteiger partial charge in [0, 0.05) is 11.3 Å². The van der Waals surface area contributed by atoms with Gasteiger partial charge in [-0.05, 0) is 32.4 Å². The zero-order valence-electron chi connectivity index (χ0n) is 8.30. The van der Waals surface area contributed by atoms with Crippen LogP contribution in [0.1, 0.15) is 28.7 Å². The number of carbonyl (C=O) groups is 1. The van der Waals surface area contributed by atoms with E-state index in [9.17, 15) is 4.79 Å². The molecule has 0 fully saturated rings. The Hall–Kier alpha value is -1.16. The topological polar surface area (TPSA) is 52.1 Å². The van der Waals surface area contributed by atoms with Gasteiger partial charge in [-0.25, -0.2) is 14.8 Å². The zero-order chi connectivity index (χ0) is 10.7. The van der Waals surface area contributed by atoms with Crippen molar-refractivity contribution in [1.29, 1.82) is 0 Å². The van der Waals surface area contributed by atoms with Gasteiger partial charge in [-0.1, -0.05) is 0 Å². The summed E-state index contributed by atoms with van der Waals surface area (Å²) in [6.45, 7) is 5.59. The molecule has 0 aliphatic carbocycles. The number of hydrogen-bond acceptors (Lipinski definition) is 4. The summed E-state index contributed by atoms with van der Waals surface area (Å²) in [5.74, 6) is -0.461. The first-order valence-corrected chi connectivity index (χ1v) is 4.62. The second kappa shape index (κ2) is 4.37. The SMILES string of the molecule is CCOC(=O)c1nc(Cl)nc(C)c1C. The third-order valence-corrected chi connectivity index (χ3v) is 2.00. The summed E-state index contributed by atoms with van der Waals surface area (Å²) in [7, 11) is 0. The van der Waals surface area contributed by atoms with Crippen LogP contribution < -0.4 is 0 Å². The van der Waals surface area contributed by atoms with E-state index in [0.29, 0.717) is 17.9 Å². The Morgan fingerprint density at radius 1 is 1.43 bits per heavy atom. The Morgan fingerprint density at radius 2 is 2.07 bits per heavy atom. The number of carbonyl (C=O) groups excluding carboxylic acids is 1. The average Bonchev–Trinajstić information content (AvgIpc) is 2.11. The molecule has 0 aliphatic heterocycles. The summed E-state index contributed by atoms with van der Waals surface area (Å²) in [6.07, 6.45) is 0. The molecule has 0 amide bonds. The summed E-state index contributed by atoms with van der Waals surface area (Å²) in [6, 6.07) is 0. The van der Waals surface area contributed by atoms with Crippen LogP contribution in [0.15, 0.2) is 0 Å². The molecule has 0 spiro atoms. The molecule has 1 heterocycles. The highest BCUT2D eigenvalue weighted by Crippen LogP contribution is 2.13. The fraction of sp³-hybridized carbons (Fsp3) is 0.444. The molecule has 1 aromatic rings. The van der Waals surface area contributed by atoms with Gasteiger partial charge in [0.15, 0.2) is 5.69 Å². The van der Waals surface area contributed by atoms with Crippen LogP contribution in [0.25, 0.3) is 0 Å². The maximum Gasteiger partial charge on any atom is 0.357 e. The number of aromatic nitrogens is 2. The van der Waals surface area contributed by atoms with Crippen LogP contribution >= 0.6 is 11.6 Å². The zero-order valence-corrected chi connectivity index (χ0v) is 9.05. The fourth-order valence-corrected chi connectivity index (χ4v) is 1.20. The van der Waals surface area contributed by atoms with E-state index in [1.165, 1.54) is 0 Å². The standard InChI is InChI=1S/C9H11ClN2O2/c1-4-14-8(13)7-5(2)6(3)11-9(10)12-7/h4H2,1-3H3. The van der Waals surface area contributed by atoms with Crippen LogP contribution in [0.2, 0.25) is 5.28 Å². The van der Waals surface area contributed by atoms with Crippen molar-refractivity contribution in [1.82, 2.24) is 9.97 Å². The third kappa shape index (κ3) is 2.20. The Balaban J connectivity index is 3.13. The van der Waals surface area contributed by atoms with Gasteiger partial charge in [0.2, 0.25) is 5.28 Å². The minimum atomic E-state index is -0.461. The predicted molar refractivity (Wildman–Crippen MR) is 52.5 cm³/mol. The Labute approximate surface area is 87.3 Å². The van der Waals surface area contributed by atoms with Gasteiger partial charge in [0.1, 0.15) is 0 Å². The minimum absolute atomic E-state index is 0.0659. The molecule has 0 radical (unpaired) electrons. The first-order chi connectivity index (χ1) is 6.56. The van der Waals surface area contributed by atoms with E-state index in [4.69, 9.17) is 16.3 Å². The molecule has 0 aliphatic rings. The van der Waals surface area contributed by atoms with Crippen molar-refractivity contribution in [2.75, 3.05) is 6.61 Å². The lowest BCUT2D eigenvalue weighted by Gasteiger charge is -2.06. The van der Waals surface area contributed by atoms with Crippen molar-refractivity contribution < 1.29 is 9.53 Å². The van der Waals surface area contributed by atoms with Gasteiger partial charge < -0.3 is 4.74 Å². The lowest BCUT2D eigenvalue weighted by atomic mass is 10.2. The molecular formula is C9H11ClN2O2. The predicted octanol–water partition coefficient (Wildman–Crippen LogP) is 1.92. The van der Waals surface area contributed by atoms with Gasteiger partial charge in [0.05, 0.1) is 6.61 Å². The van der Waals surface area contributed by atoms with Crippen molar-refractivity contribution in [3.05, 3.63) is 22.2 Å². The molecule has 1 rings (SSSR count). The van der Waals surface area contributed by atoms with Crippen LogP contribution in [0.3, 0.4) is 0 Å². The van der Waals surface area contributed by atoms with Gasteiger partial charge in [-0.15, -0.1) is 0 Å². The number of aryl methyl sites for hydroxylation is 1. The molecule has 0 saturated carbocycles. The van der Waals surface area contributed by atoms with Crippen LogP contribution in [0.5, 0.6) is 0 Å². The summed E-state index contributed by atoms with van der Waals surface area (Å²) >= 11 is 5.64. The fourth-order valence-electron chi connectivity index (χ4n) is 0.993. The summed E-state index contributed by atoms with van der Waals surface area (Å²) in [4.78, 5) is 19.2. The van der Waals surface area contributed by atoms with Gasteiger partial charge in [-0.2, -0.15) is 0 Å². The summed E-state index contributed by atoms with van der Waals surface area (Å²) in [5, 5.41) is 0.0659. The third-order valence-electron chi connectivity index (χ3n) is 1.83. The van der Waals surface area contributed by atoms with Gasteiger partial charge in [0.25, 0.3) is 0 Å². The number of rotatable bonds is 2. The van der Waals surface area contributed by atoms with Crippen LogP contribution in [0.4, 0.5) is 0 Å². The van der Waals surface area contributed by atoms with E-state index < -0.39 is 5.97 Å². The number of nitrogens with zero attached hydrogens (tertiary/aromatic N) is 2. The largest absolute Gasteiger partial charge is 0.461 e. The first kappa shape index (κ1) is 10.9.